The van der Waals surface area contributed by atoms with Crippen molar-refractivity contribution >= 4 is 38.8 Å². The van der Waals surface area contributed by atoms with Crippen molar-refractivity contribution < 1.29 is 19.1 Å². The molecular formula is C31H33N5O4S. The molecule has 4 aromatic rings. The predicted octanol–water partition coefficient (Wildman–Crippen LogP) is 3.48. The summed E-state index contributed by atoms with van der Waals surface area (Å²) in [6.07, 6.45) is 0.690. The molecule has 1 saturated heterocycles. The lowest BCUT2D eigenvalue weighted by atomic mass is 9.69. The molecular weight excluding hydrogens is 538 g/mol. The SMILES string of the molecule is CO[C@@H]1CNC[C@H](NC(=O)c2sc3c(N)ccc4c3c2C(N)C(=O)C4(N)c2ccc(Oc3ccccc3)cc2C)C1. The molecule has 2 unspecified atom stereocenters. The molecule has 8 N–H and O–H groups in total. The Morgan fingerprint density at radius 3 is 2.56 bits per heavy atom. The second-order valence-electron chi connectivity index (χ2n) is 10.7. The van der Waals surface area contributed by atoms with Crippen molar-refractivity contribution in [3.8, 4) is 11.5 Å². The number of nitrogens with one attached hydrogen (secondary N) is 2. The van der Waals surface area contributed by atoms with E-state index in [1.165, 1.54) is 11.3 Å². The summed E-state index contributed by atoms with van der Waals surface area (Å²) >= 11 is 1.25. The number of thiophene rings is 1. The third kappa shape index (κ3) is 4.58. The van der Waals surface area contributed by atoms with Gasteiger partial charge in [-0.2, -0.15) is 0 Å². The largest absolute Gasteiger partial charge is 0.457 e. The number of methoxy groups -OCH3 is 1. The molecule has 0 spiro atoms. The zero-order chi connectivity index (χ0) is 28.9. The molecule has 212 valence electrons. The average molecular weight is 572 g/mol. The molecule has 1 aromatic heterocycles. The maximum absolute atomic E-state index is 14.1. The van der Waals surface area contributed by atoms with E-state index in [9.17, 15) is 9.59 Å². The number of ether oxygens (including phenoxy) is 2. The number of nitrogen functional groups attached to an aromatic ring is 1. The maximum Gasteiger partial charge on any atom is 0.262 e. The fourth-order valence-corrected chi connectivity index (χ4v) is 7.24. The third-order valence-corrected chi connectivity index (χ3v) is 9.35. The van der Waals surface area contributed by atoms with E-state index in [2.05, 4.69) is 10.6 Å². The van der Waals surface area contributed by atoms with Crippen LogP contribution in [0.3, 0.4) is 0 Å². The number of piperidine rings is 1. The maximum atomic E-state index is 14.1. The molecule has 0 bridgehead atoms. The first kappa shape index (κ1) is 27.4. The number of anilines is 1. The summed E-state index contributed by atoms with van der Waals surface area (Å²) in [6.45, 7) is 3.25. The van der Waals surface area contributed by atoms with Crippen LogP contribution in [0.2, 0.25) is 0 Å². The van der Waals surface area contributed by atoms with Gasteiger partial charge in [0.15, 0.2) is 5.78 Å². The number of benzene rings is 3. The highest BCUT2D eigenvalue weighted by Gasteiger charge is 2.49. The number of ketones is 1. The van der Waals surface area contributed by atoms with Crippen LogP contribution < -0.4 is 32.6 Å². The fourth-order valence-electron chi connectivity index (χ4n) is 6.04. The zero-order valence-electron chi connectivity index (χ0n) is 22.9. The number of para-hydroxylation sites is 1. The summed E-state index contributed by atoms with van der Waals surface area (Å²) in [7, 11) is 1.66. The van der Waals surface area contributed by atoms with E-state index < -0.39 is 11.6 Å². The van der Waals surface area contributed by atoms with Gasteiger partial charge in [0.05, 0.1) is 21.7 Å². The standard InChI is InChI=1S/C31H33N5O4S/c1-16-12-19(40-18-6-4-3-5-7-18)8-9-21(16)31(34)22-10-11-23(32)27-24(22)25(26(33)29(31)37)28(41-27)30(38)36-17-13-20(39-2)15-35-14-17/h3-12,17,20,26,35H,13-15,32-34H2,1-2H3,(H,36,38)/t17-,20+,26?,31?/m1/s1. The van der Waals surface area contributed by atoms with Gasteiger partial charge in [0.25, 0.3) is 5.91 Å². The van der Waals surface area contributed by atoms with E-state index >= 15 is 0 Å². The minimum atomic E-state index is -1.54. The number of rotatable bonds is 6. The smallest absolute Gasteiger partial charge is 0.262 e. The number of carbonyl (C=O) groups is 2. The van der Waals surface area contributed by atoms with Gasteiger partial charge in [-0.1, -0.05) is 30.3 Å². The highest BCUT2D eigenvalue weighted by Crippen LogP contribution is 2.50. The van der Waals surface area contributed by atoms with Gasteiger partial charge in [-0.25, -0.2) is 0 Å². The highest BCUT2D eigenvalue weighted by molar-refractivity contribution is 7.21. The number of carbonyl (C=O) groups excluding carboxylic acids is 2. The van der Waals surface area contributed by atoms with Crippen LogP contribution in [0.4, 0.5) is 5.69 Å². The second kappa shape index (κ2) is 10.6. The topological polar surface area (TPSA) is 155 Å². The van der Waals surface area contributed by atoms with Crippen LogP contribution in [-0.4, -0.2) is 44.0 Å². The van der Waals surface area contributed by atoms with Crippen LogP contribution in [0.5, 0.6) is 11.5 Å². The summed E-state index contributed by atoms with van der Waals surface area (Å²) in [4.78, 5) is 28.1. The van der Waals surface area contributed by atoms with Gasteiger partial charge in [0.2, 0.25) is 0 Å². The summed E-state index contributed by atoms with van der Waals surface area (Å²) in [5.41, 5.74) is 21.5. The van der Waals surface area contributed by atoms with E-state index in [4.69, 9.17) is 26.7 Å². The normalized spacial score (nSPS) is 23.9. The van der Waals surface area contributed by atoms with E-state index in [1.807, 2.05) is 49.4 Å². The third-order valence-electron chi connectivity index (χ3n) is 8.10. The van der Waals surface area contributed by atoms with Gasteiger partial charge < -0.3 is 37.3 Å². The molecule has 0 saturated carbocycles. The first-order chi connectivity index (χ1) is 19.7. The van der Waals surface area contributed by atoms with Crippen LogP contribution in [-0.2, 0) is 15.1 Å². The molecule has 1 amide bonds. The van der Waals surface area contributed by atoms with Crippen molar-refractivity contribution in [1.29, 1.82) is 0 Å². The van der Waals surface area contributed by atoms with E-state index in [-0.39, 0.29) is 23.8 Å². The summed E-state index contributed by atoms with van der Waals surface area (Å²) < 4.78 is 12.2. The number of aryl methyl sites for hydroxylation is 1. The Balaban J connectivity index is 1.41. The molecule has 0 radical (unpaired) electrons. The predicted molar refractivity (Wildman–Crippen MR) is 160 cm³/mol. The Bertz CT molecular complexity index is 1660. The second-order valence-corrected chi connectivity index (χ2v) is 11.7. The van der Waals surface area contributed by atoms with Crippen LogP contribution >= 0.6 is 11.3 Å². The Morgan fingerprint density at radius 2 is 1.83 bits per heavy atom. The van der Waals surface area contributed by atoms with Crippen molar-refractivity contribution in [2.75, 3.05) is 25.9 Å². The van der Waals surface area contributed by atoms with Crippen molar-refractivity contribution in [2.45, 2.75) is 37.1 Å². The first-order valence-corrected chi connectivity index (χ1v) is 14.4. The fraction of sp³-hybridized carbons (Fsp3) is 0.290. The van der Waals surface area contributed by atoms with Gasteiger partial charge in [-0.05, 0) is 60.4 Å². The Kier molecular flexibility index (Phi) is 7.04. The van der Waals surface area contributed by atoms with E-state index in [1.54, 1.807) is 25.3 Å². The Hall–Kier alpha value is -3.80. The summed E-state index contributed by atoms with van der Waals surface area (Å²) in [5.74, 6) is 0.649. The summed E-state index contributed by atoms with van der Waals surface area (Å²) in [5, 5.41) is 7.06. The number of nitrogens with two attached hydrogens (primary N) is 3. The molecule has 4 atom stereocenters. The Labute approximate surface area is 242 Å². The lowest BCUT2D eigenvalue weighted by Crippen LogP contribution is -2.53. The van der Waals surface area contributed by atoms with Crippen LogP contribution in [0.1, 0.15) is 44.4 Å². The molecule has 2 heterocycles. The van der Waals surface area contributed by atoms with Crippen molar-refractivity contribution in [2.24, 2.45) is 11.5 Å². The molecule has 9 nitrogen and oxygen atoms in total. The molecule has 1 fully saturated rings. The van der Waals surface area contributed by atoms with Crippen molar-refractivity contribution in [1.82, 2.24) is 10.6 Å². The molecule has 3 aromatic carbocycles. The van der Waals surface area contributed by atoms with E-state index in [0.29, 0.717) is 61.8 Å². The van der Waals surface area contributed by atoms with Crippen molar-refractivity contribution in [3.05, 3.63) is 87.8 Å². The van der Waals surface area contributed by atoms with Crippen LogP contribution in [0.25, 0.3) is 10.1 Å². The van der Waals surface area contributed by atoms with Crippen LogP contribution in [0.15, 0.2) is 60.7 Å². The van der Waals surface area contributed by atoms with Gasteiger partial charge in [0.1, 0.15) is 17.0 Å². The Morgan fingerprint density at radius 1 is 1.07 bits per heavy atom. The average Bonchev–Trinajstić information content (AvgIpc) is 3.38. The lowest BCUT2D eigenvalue weighted by Gasteiger charge is -2.37. The van der Waals surface area contributed by atoms with Crippen molar-refractivity contribution in [3.63, 3.8) is 0 Å². The highest BCUT2D eigenvalue weighted by atomic mass is 32.1. The van der Waals surface area contributed by atoms with Gasteiger partial charge in [-0.15, -0.1) is 11.3 Å². The van der Waals surface area contributed by atoms with Crippen LogP contribution in [0, 0.1) is 6.92 Å². The van der Waals surface area contributed by atoms with E-state index in [0.717, 1.165) is 12.1 Å². The molecule has 1 aliphatic heterocycles. The molecule has 6 rings (SSSR count). The zero-order valence-corrected chi connectivity index (χ0v) is 23.7. The number of Topliss-reactive ketones (excluding diaryl/α,β-unsaturated/α-hetero) is 1. The molecule has 41 heavy (non-hydrogen) atoms. The quantitative estimate of drug-likeness (QED) is 0.220. The minimum absolute atomic E-state index is 0.00599. The number of hydrogen-bond acceptors (Lipinski definition) is 9. The molecule has 10 heteroatoms. The molecule has 1 aliphatic carbocycles. The molecule has 2 aliphatic rings. The minimum Gasteiger partial charge on any atom is -0.457 e. The van der Waals surface area contributed by atoms with Gasteiger partial charge >= 0.3 is 0 Å². The number of amides is 1. The van der Waals surface area contributed by atoms with Gasteiger partial charge in [-0.3, -0.25) is 9.59 Å². The monoisotopic (exact) mass is 571 g/mol. The lowest BCUT2D eigenvalue weighted by molar-refractivity contribution is -0.124. The number of hydrogen-bond donors (Lipinski definition) is 5. The van der Waals surface area contributed by atoms with Gasteiger partial charge in [0, 0.05) is 42.9 Å². The first-order valence-electron chi connectivity index (χ1n) is 13.5. The summed E-state index contributed by atoms with van der Waals surface area (Å²) in [6, 6.07) is 17.2.